The molecular formula is C41H55NO10Si. The first-order valence-corrected chi connectivity index (χ1v) is 21.1. The van der Waals surface area contributed by atoms with E-state index in [-0.39, 0.29) is 50.3 Å². The molecule has 12 heteroatoms. The molecule has 0 unspecified atom stereocenters. The molecule has 1 aliphatic heterocycles. The average Bonchev–Trinajstić information content (AvgIpc) is 3.18. The molecule has 3 aromatic carbocycles. The summed E-state index contributed by atoms with van der Waals surface area (Å²) in [6.45, 7) is 2.11. The summed E-state index contributed by atoms with van der Waals surface area (Å²) in [5, 5.41) is 2.87. The number of carbonyl (C=O) groups is 1. The van der Waals surface area contributed by atoms with Crippen molar-refractivity contribution in [2.75, 3.05) is 40.1 Å². The van der Waals surface area contributed by atoms with Crippen molar-refractivity contribution in [3.8, 4) is 5.75 Å². The molecule has 2 fully saturated rings. The Morgan fingerprint density at radius 2 is 1.28 bits per heavy atom. The van der Waals surface area contributed by atoms with Gasteiger partial charge < -0.3 is 48.1 Å². The summed E-state index contributed by atoms with van der Waals surface area (Å²) in [5.74, 6) is 0.259. The quantitative estimate of drug-likeness (QED) is 0.172. The number of carbonyl (C=O) groups excluding carboxylic acids is 1. The standard InChI is InChI=1S/C41H55NO10Si/c1-47-38-32-27-31(39(43)42-21-12-26-53(44,45)46)28-33(38)30-50-37-18-9-11-20-41(37,35-15-6-3-7-16-35)52-25-23-48-22-24-51-40(34-13-4-2-5-14-34)19-10-8-17-36(40)49-29-32/h2-7,13-16,27-28,36-37,44-46H,8-12,17-26,29-30H2,1H3,(H,42,43)/t36-,37-,40-,41-/m1/s1. The highest BCUT2D eigenvalue weighted by atomic mass is 28.4. The molecule has 3 aliphatic rings. The molecule has 288 valence electrons. The molecule has 2 aliphatic carbocycles. The summed E-state index contributed by atoms with van der Waals surface area (Å²) in [7, 11) is -2.58. The number of nitrogens with one attached hydrogen (secondary N) is 1. The molecule has 0 radical (unpaired) electrons. The maximum Gasteiger partial charge on any atom is 0.492 e. The van der Waals surface area contributed by atoms with Crippen molar-refractivity contribution in [3.05, 3.63) is 101 Å². The second-order valence-corrected chi connectivity index (χ2v) is 16.4. The van der Waals surface area contributed by atoms with E-state index in [0.29, 0.717) is 48.9 Å². The smallest absolute Gasteiger partial charge is 0.492 e. The van der Waals surface area contributed by atoms with Crippen LogP contribution in [0.5, 0.6) is 5.75 Å². The van der Waals surface area contributed by atoms with Crippen molar-refractivity contribution >= 4 is 14.7 Å². The number of fused-ring (bicyclic) bond motifs is 4. The fourth-order valence-electron chi connectivity index (χ4n) is 8.30. The maximum absolute atomic E-state index is 13.6. The topological polar surface area (TPSA) is 145 Å². The highest BCUT2D eigenvalue weighted by Gasteiger charge is 2.46. The zero-order valence-electron chi connectivity index (χ0n) is 30.8. The summed E-state index contributed by atoms with van der Waals surface area (Å²) < 4.78 is 39.6. The largest absolute Gasteiger partial charge is 0.496 e. The molecule has 2 saturated carbocycles. The van der Waals surface area contributed by atoms with Crippen LogP contribution in [-0.2, 0) is 48.1 Å². The summed E-state index contributed by atoms with van der Waals surface area (Å²) in [6.07, 6.45) is 6.88. The normalized spacial score (nSPS) is 26.3. The molecule has 1 amide bonds. The first-order chi connectivity index (χ1) is 25.7. The molecule has 4 N–H and O–H groups in total. The Kier molecular flexibility index (Phi) is 13.7. The van der Waals surface area contributed by atoms with Gasteiger partial charge in [0.15, 0.2) is 0 Å². The molecule has 2 bridgehead atoms. The van der Waals surface area contributed by atoms with Crippen molar-refractivity contribution in [1.82, 2.24) is 5.32 Å². The molecule has 0 spiro atoms. The number of hydrogen-bond donors (Lipinski definition) is 4. The fraction of sp³-hybridized carbons (Fsp3) is 0.537. The minimum atomic E-state index is -4.21. The lowest BCUT2D eigenvalue weighted by Crippen LogP contribution is -2.47. The molecule has 0 aromatic heterocycles. The second-order valence-electron chi connectivity index (χ2n) is 14.4. The number of ether oxygens (including phenoxy) is 6. The van der Waals surface area contributed by atoms with Gasteiger partial charge in [-0.1, -0.05) is 86.3 Å². The van der Waals surface area contributed by atoms with Crippen LogP contribution in [-0.4, -0.2) is 81.4 Å². The molecule has 4 atom stereocenters. The minimum absolute atomic E-state index is 0.167. The van der Waals surface area contributed by atoms with E-state index in [4.69, 9.17) is 28.4 Å². The van der Waals surface area contributed by atoms with Gasteiger partial charge in [0.2, 0.25) is 0 Å². The molecule has 0 saturated heterocycles. The van der Waals surface area contributed by atoms with Gasteiger partial charge in [0.1, 0.15) is 17.0 Å². The molecule has 3 aromatic rings. The van der Waals surface area contributed by atoms with Crippen LogP contribution in [0.2, 0.25) is 6.04 Å². The van der Waals surface area contributed by atoms with E-state index < -0.39 is 20.0 Å². The number of hydrogen-bond acceptors (Lipinski definition) is 10. The Labute approximate surface area is 313 Å². The monoisotopic (exact) mass is 749 g/mol. The zero-order chi connectivity index (χ0) is 37.2. The molecular weight excluding hydrogens is 695 g/mol. The first-order valence-electron chi connectivity index (χ1n) is 19.1. The van der Waals surface area contributed by atoms with Crippen LogP contribution >= 0.6 is 0 Å². The maximum atomic E-state index is 13.6. The van der Waals surface area contributed by atoms with Gasteiger partial charge in [0.05, 0.1) is 59.0 Å². The van der Waals surface area contributed by atoms with Crippen LogP contribution in [0.3, 0.4) is 0 Å². The lowest BCUT2D eigenvalue weighted by Gasteiger charge is -2.44. The van der Waals surface area contributed by atoms with Gasteiger partial charge in [-0.15, -0.1) is 0 Å². The van der Waals surface area contributed by atoms with E-state index in [1.54, 1.807) is 19.2 Å². The Morgan fingerprint density at radius 1 is 0.774 bits per heavy atom. The highest BCUT2D eigenvalue weighted by Crippen LogP contribution is 2.45. The van der Waals surface area contributed by atoms with Gasteiger partial charge in [-0.25, -0.2) is 0 Å². The SMILES string of the molecule is COc1c2cc(C(=O)NCCC[Si](O)(O)O)cc1CO[C@@H]1CCCC[C@]1(c1ccccc1)OCCOCCO[C@@]1(c3ccccc3)CCCC[C@H]1OC2. The van der Waals surface area contributed by atoms with Crippen molar-refractivity contribution < 1.29 is 47.6 Å². The van der Waals surface area contributed by atoms with E-state index in [0.717, 1.165) is 62.5 Å². The van der Waals surface area contributed by atoms with Gasteiger partial charge in [0, 0.05) is 29.3 Å². The van der Waals surface area contributed by atoms with Gasteiger partial charge in [-0.2, -0.15) is 0 Å². The molecule has 6 rings (SSSR count). The Hall–Kier alpha value is -3.17. The fourth-order valence-corrected chi connectivity index (χ4v) is 8.95. The Bertz CT molecular complexity index is 1510. The van der Waals surface area contributed by atoms with Gasteiger partial charge in [-0.3, -0.25) is 4.79 Å². The van der Waals surface area contributed by atoms with Gasteiger partial charge in [-0.05, 0) is 55.4 Å². The zero-order valence-corrected chi connectivity index (χ0v) is 31.8. The van der Waals surface area contributed by atoms with Gasteiger partial charge in [0.25, 0.3) is 5.91 Å². The van der Waals surface area contributed by atoms with Crippen molar-refractivity contribution in [2.24, 2.45) is 0 Å². The number of benzene rings is 3. The van der Waals surface area contributed by atoms with Crippen molar-refractivity contribution in [3.63, 3.8) is 0 Å². The van der Waals surface area contributed by atoms with Crippen molar-refractivity contribution in [2.45, 2.75) is 100 Å². The summed E-state index contributed by atoms with van der Waals surface area (Å²) in [5.41, 5.74) is 2.57. The molecule has 53 heavy (non-hydrogen) atoms. The third-order valence-corrected chi connectivity index (χ3v) is 11.9. The van der Waals surface area contributed by atoms with E-state index >= 15 is 0 Å². The van der Waals surface area contributed by atoms with Crippen LogP contribution in [0.15, 0.2) is 72.8 Å². The van der Waals surface area contributed by atoms with Crippen LogP contribution in [0, 0.1) is 0 Å². The van der Waals surface area contributed by atoms with Gasteiger partial charge >= 0.3 is 8.80 Å². The highest BCUT2D eigenvalue weighted by molar-refractivity contribution is 6.56. The van der Waals surface area contributed by atoms with Crippen LogP contribution in [0.4, 0.5) is 0 Å². The predicted octanol–water partition coefficient (Wildman–Crippen LogP) is 5.50. The summed E-state index contributed by atoms with van der Waals surface area (Å²) in [6, 6.07) is 23.9. The van der Waals surface area contributed by atoms with E-state index in [1.165, 1.54) is 0 Å². The first kappa shape index (κ1) is 39.5. The van der Waals surface area contributed by atoms with Crippen LogP contribution in [0.1, 0.15) is 90.4 Å². The molecule has 11 nitrogen and oxygen atoms in total. The summed E-state index contributed by atoms with van der Waals surface area (Å²) >= 11 is 0. The predicted molar refractivity (Wildman–Crippen MR) is 200 cm³/mol. The molecule has 1 heterocycles. The van der Waals surface area contributed by atoms with Crippen LogP contribution in [0.25, 0.3) is 0 Å². The number of rotatable bonds is 8. The third-order valence-electron chi connectivity index (χ3n) is 10.8. The average molecular weight is 750 g/mol. The minimum Gasteiger partial charge on any atom is -0.496 e. The third kappa shape index (κ3) is 9.74. The Balaban J connectivity index is 1.36. The lowest BCUT2D eigenvalue weighted by molar-refractivity contribution is -0.191. The second kappa shape index (κ2) is 18.4. The van der Waals surface area contributed by atoms with Crippen molar-refractivity contribution in [1.29, 1.82) is 0 Å². The number of amides is 1. The van der Waals surface area contributed by atoms with E-state index in [9.17, 15) is 19.2 Å². The van der Waals surface area contributed by atoms with Crippen LogP contribution < -0.4 is 10.1 Å². The number of methoxy groups -OCH3 is 1. The summed E-state index contributed by atoms with van der Waals surface area (Å²) in [4.78, 5) is 41.9. The lowest BCUT2D eigenvalue weighted by atomic mass is 9.77. The van der Waals surface area contributed by atoms with E-state index in [1.807, 2.05) is 36.4 Å². The Morgan fingerprint density at radius 3 is 1.75 bits per heavy atom. The van der Waals surface area contributed by atoms with E-state index in [2.05, 4.69) is 29.6 Å².